The highest BCUT2D eigenvalue weighted by molar-refractivity contribution is 7.25. The molecule has 1 spiro atoms. The van der Waals surface area contributed by atoms with Crippen LogP contribution in [-0.4, -0.2) is 15.0 Å². The summed E-state index contributed by atoms with van der Waals surface area (Å²) in [6.45, 7) is 0. The Morgan fingerprint density at radius 1 is 0.276 bits per heavy atom. The summed E-state index contributed by atoms with van der Waals surface area (Å²) in [6, 6.07) is 85.1. The van der Waals surface area contributed by atoms with Crippen LogP contribution < -0.4 is 0 Å². The molecule has 0 aliphatic heterocycles. The van der Waals surface area contributed by atoms with Crippen molar-refractivity contribution >= 4 is 75.4 Å². The van der Waals surface area contributed by atoms with Crippen molar-refractivity contribution in [2.24, 2.45) is 0 Å². The van der Waals surface area contributed by atoms with Crippen LogP contribution in [0, 0.1) is 0 Å². The Balaban J connectivity index is 0.812. The molecule has 76 heavy (non-hydrogen) atoms. The first-order valence-corrected chi connectivity index (χ1v) is 26.5. The minimum atomic E-state index is -0.373. The predicted molar refractivity (Wildman–Crippen MR) is 311 cm³/mol. The highest BCUT2D eigenvalue weighted by Gasteiger charge is 2.51. The third-order valence-electron chi connectivity index (χ3n) is 16.2. The number of thiophene rings is 1. The topological polar surface area (TPSA) is 65.0 Å². The Morgan fingerprint density at radius 3 is 1.51 bits per heavy atom. The standard InChI is InChI=1S/C70H39N3O2S/c1-6-23-55-45(16-1)46-17-2-7-24-56(46)70(55)57-25-8-3-18-47(57)52-37-42(30-33-58(52)70)40-14-11-15-41(36-40)43-31-34-61-54(38-43)65-50(21-12-27-62(65)75-61)68-71-67(44-32-35-60-53(39-44)48-19-4-9-26-59(48)74-60)72-69(73-68)51-22-13-29-64-66(51)49-20-5-10-28-63(49)76-64/h1-39H. The number of rotatable bonds is 5. The number of nitrogens with zero attached hydrogens (tertiary/aromatic N) is 3. The fourth-order valence-electron chi connectivity index (χ4n) is 12.9. The number of fused-ring (bicyclic) bond motifs is 19. The van der Waals surface area contributed by atoms with Crippen LogP contribution >= 0.6 is 11.3 Å². The second-order valence-electron chi connectivity index (χ2n) is 20.1. The van der Waals surface area contributed by atoms with Crippen molar-refractivity contribution in [3.63, 3.8) is 0 Å². The quantitative estimate of drug-likeness (QED) is 0.172. The predicted octanol–water partition coefficient (Wildman–Crippen LogP) is 18.7. The van der Waals surface area contributed by atoms with Crippen molar-refractivity contribution in [2.75, 3.05) is 0 Å². The van der Waals surface area contributed by atoms with Crippen LogP contribution in [0.1, 0.15) is 22.3 Å². The van der Waals surface area contributed by atoms with Crippen LogP contribution in [-0.2, 0) is 5.41 Å². The Morgan fingerprint density at radius 2 is 0.750 bits per heavy atom. The monoisotopic (exact) mass is 985 g/mol. The van der Waals surface area contributed by atoms with E-state index in [0.717, 1.165) is 82.6 Å². The van der Waals surface area contributed by atoms with Crippen molar-refractivity contribution in [1.29, 1.82) is 0 Å². The average Bonchev–Trinajstić information content (AvgIpc) is 4.33. The summed E-state index contributed by atoms with van der Waals surface area (Å²) in [5.74, 6) is 1.75. The summed E-state index contributed by atoms with van der Waals surface area (Å²) in [5, 5.41) is 6.33. The average molecular weight is 986 g/mol. The second kappa shape index (κ2) is 15.6. The Bertz CT molecular complexity index is 4930. The molecule has 4 heterocycles. The Labute approximate surface area is 439 Å². The molecule has 0 amide bonds. The number of furan rings is 2. The maximum atomic E-state index is 6.68. The van der Waals surface area contributed by atoms with Gasteiger partial charge < -0.3 is 8.83 Å². The van der Waals surface area contributed by atoms with E-state index in [4.69, 9.17) is 23.8 Å². The van der Waals surface area contributed by atoms with Gasteiger partial charge in [-0.25, -0.2) is 15.0 Å². The molecule has 5 nitrogen and oxygen atoms in total. The molecule has 4 aromatic heterocycles. The molecule has 2 aliphatic rings. The van der Waals surface area contributed by atoms with E-state index in [0.29, 0.717) is 17.5 Å². The van der Waals surface area contributed by atoms with Gasteiger partial charge in [0.2, 0.25) is 0 Å². The van der Waals surface area contributed by atoms with E-state index in [-0.39, 0.29) is 5.41 Å². The Hall–Kier alpha value is -9.75. The van der Waals surface area contributed by atoms with E-state index in [1.54, 1.807) is 11.3 Å². The molecule has 6 heteroatoms. The molecular weight excluding hydrogens is 947 g/mol. The first kappa shape index (κ1) is 41.7. The van der Waals surface area contributed by atoms with Crippen molar-refractivity contribution in [2.45, 2.75) is 5.41 Å². The number of benzene rings is 11. The van der Waals surface area contributed by atoms with E-state index in [9.17, 15) is 0 Å². The van der Waals surface area contributed by atoms with Gasteiger partial charge in [0.05, 0.1) is 5.41 Å². The fraction of sp³-hybridized carbons (Fsp3) is 0.0143. The lowest BCUT2D eigenvalue weighted by molar-refractivity contribution is 0.668. The molecule has 0 saturated carbocycles. The smallest absolute Gasteiger partial charge is 0.164 e. The van der Waals surface area contributed by atoms with Crippen LogP contribution in [0.5, 0.6) is 0 Å². The lowest BCUT2D eigenvalue weighted by Gasteiger charge is -2.30. The zero-order valence-corrected chi connectivity index (χ0v) is 41.4. The third-order valence-corrected chi connectivity index (χ3v) is 17.3. The second-order valence-corrected chi connectivity index (χ2v) is 21.2. The lowest BCUT2D eigenvalue weighted by Crippen LogP contribution is -2.25. The van der Waals surface area contributed by atoms with E-state index >= 15 is 0 Å². The highest BCUT2D eigenvalue weighted by Crippen LogP contribution is 2.63. The van der Waals surface area contributed by atoms with E-state index in [1.807, 2.05) is 36.4 Å². The van der Waals surface area contributed by atoms with Gasteiger partial charge in [-0.15, -0.1) is 11.3 Å². The molecule has 2 aliphatic carbocycles. The van der Waals surface area contributed by atoms with Gasteiger partial charge in [0.1, 0.15) is 22.3 Å². The van der Waals surface area contributed by atoms with Crippen molar-refractivity contribution < 1.29 is 8.83 Å². The van der Waals surface area contributed by atoms with Crippen LogP contribution in [0.25, 0.3) is 143 Å². The molecule has 352 valence electrons. The van der Waals surface area contributed by atoms with Gasteiger partial charge in [-0.1, -0.05) is 170 Å². The van der Waals surface area contributed by atoms with Crippen molar-refractivity contribution in [3.8, 4) is 78.7 Å². The van der Waals surface area contributed by atoms with Crippen molar-refractivity contribution in [3.05, 3.63) is 259 Å². The fourth-order valence-corrected chi connectivity index (χ4v) is 14.1. The SMILES string of the molecule is c1cc(-c2ccc3c(c2)-c2ccccc2C32c3ccccc3-c3ccccc32)cc(-c2ccc3oc4cccc(-c5nc(-c6ccc7oc8ccccc8c7c6)nc(-c6cccc7sc8ccccc8c67)n5)c4c3c2)c1. The van der Waals surface area contributed by atoms with Gasteiger partial charge in [0.15, 0.2) is 17.5 Å². The van der Waals surface area contributed by atoms with Gasteiger partial charge in [0.25, 0.3) is 0 Å². The van der Waals surface area contributed by atoms with Gasteiger partial charge >= 0.3 is 0 Å². The molecule has 17 rings (SSSR count). The molecular formula is C70H39N3O2S. The van der Waals surface area contributed by atoms with Crippen LogP contribution in [0.15, 0.2) is 245 Å². The molecule has 0 atom stereocenters. The summed E-state index contributed by atoms with van der Waals surface area (Å²) in [7, 11) is 0. The van der Waals surface area contributed by atoms with Gasteiger partial charge in [-0.2, -0.15) is 0 Å². The van der Waals surface area contributed by atoms with Crippen molar-refractivity contribution in [1.82, 2.24) is 15.0 Å². The summed E-state index contributed by atoms with van der Waals surface area (Å²) in [4.78, 5) is 16.1. The van der Waals surface area contributed by atoms with Crippen LogP contribution in [0.4, 0.5) is 0 Å². The largest absolute Gasteiger partial charge is 0.456 e. The molecule has 0 radical (unpaired) electrons. The normalized spacial score (nSPS) is 13.1. The zero-order valence-electron chi connectivity index (χ0n) is 40.6. The third kappa shape index (κ3) is 5.81. The summed E-state index contributed by atoms with van der Waals surface area (Å²) < 4.78 is 15.3. The number of hydrogen-bond donors (Lipinski definition) is 0. The molecule has 0 fully saturated rings. The number of aromatic nitrogens is 3. The maximum absolute atomic E-state index is 6.68. The molecule has 0 saturated heterocycles. The number of para-hydroxylation sites is 1. The van der Waals surface area contributed by atoms with E-state index in [1.165, 1.54) is 64.9 Å². The number of hydrogen-bond acceptors (Lipinski definition) is 6. The lowest BCUT2D eigenvalue weighted by atomic mass is 9.70. The minimum absolute atomic E-state index is 0.373. The summed E-state index contributed by atoms with van der Waals surface area (Å²) in [5.41, 5.74) is 20.7. The minimum Gasteiger partial charge on any atom is -0.456 e. The first-order valence-electron chi connectivity index (χ1n) is 25.7. The first-order chi connectivity index (χ1) is 37.6. The van der Waals surface area contributed by atoms with E-state index < -0.39 is 0 Å². The van der Waals surface area contributed by atoms with Crippen LogP contribution in [0.2, 0.25) is 0 Å². The zero-order chi connectivity index (χ0) is 49.6. The molecule has 0 bridgehead atoms. The van der Waals surface area contributed by atoms with Crippen LogP contribution in [0.3, 0.4) is 0 Å². The summed E-state index contributed by atoms with van der Waals surface area (Å²) >= 11 is 1.79. The molecule has 0 N–H and O–H groups in total. The molecule has 15 aromatic rings. The molecule has 0 unspecified atom stereocenters. The van der Waals surface area contributed by atoms with Gasteiger partial charge in [-0.05, 0) is 133 Å². The molecule has 11 aromatic carbocycles. The highest BCUT2D eigenvalue weighted by atomic mass is 32.1. The Kier molecular flexibility index (Phi) is 8.58. The van der Waals surface area contributed by atoms with E-state index in [2.05, 4.69) is 200 Å². The maximum Gasteiger partial charge on any atom is 0.164 e. The van der Waals surface area contributed by atoms with Gasteiger partial charge in [0, 0.05) is 58.4 Å². The van der Waals surface area contributed by atoms with Gasteiger partial charge in [-0.3, -0.25) is 0 Å². The summed E-state index contributed by atoms with van der Waals surface area (Å²) in [6.07, 6.45) is 0.